The Kier molecular flexibility index (Phi) is 5.41. The molecule has 0 fully saturated rings. The van der Waals surface area contributed by atoms with Gasteiger partial charge in [0, 0.05) is 20.3 Å². The molecule has 0 spiro atoms. The average Bonchev–Trinajstić information content (AvgIpc) is 2.85. The molecule has 0 saturated heterocycles. The molecule has 0 aliphatic heterocycles. The van der Waals surface area contributed by atoms with Crippen molar-refractivity contribution >= 4 is 29.1 Å². The molecule has 2 aromatic rings. The van der Waals surface area contributed by atoms with E-state index in [0.717, 1.165) is 0 Å². The molecule has 2 rings (SSSR count). The minimum Gasteiger partial charge on any atom is -0.466 e. The Morgan fingerprint density at radius 3 is 2.78 bits per heavy atom. The molecule has 10 heteroatoms. The normalized spacial score (nSPS) is 12.1. The molecule has 1 unspecified atom stereocenters. The predicted molar refractivity (Wildman–Crippen MR) is 77.6 cm³/mol. The highest BCUT2D eigenvalue weighted by Crippen LogP contribution is 2.12. The second kappa shape index (κ2) is 7.49. The van der Waals surface area contributed by atoms with Gasteiger partial charge in [-0.05, 0) is 0 Å². The van der Waals surface area contributed by atoms with Crippen LogP contribution in [0.1, 0.15) is 20.3 Å². The topological polar surface area (TPSA) is 131 Å². The van der Waals surface area contributed by atoms with E-state index in [4.69, 9.17) is 19.9 Å². The number of imidazole rings is 1. The van der Waals surface area contributed by atoms with Gasteiger partial charge in [0.25, 0.3) is 0 Å². The largest absolute Gasteiger partial charge is 0.466 e. The van der Waals surface area contributed by atoms with Gasteiger partial charge in [0.05, 0.1) is 19.1 Å². The van der Waals surface area contributed by atoms with Crippen LogP contribution >= 0.6 is 0 Å². The summed E-state index contributed by atoms with van der Waals surface area (Å²) in [6, 6.07) is 0. The van der Waals surface area contributed by atoms with Gasteiger partial charge in [-0.15, -0.1) is 0 Å². The maximum atomic E-state index is 11.1. The molecule has 124 valence electrons. The molecule has 0 aliphatic carbocycles. The van der Waals surface area contributed by atoms with Crippen molar-refractivity contribution in [1.82, 2.24) is 19.5 Å². The number of nitrogen functional groups attached to an aromatic ring is 1. The number of hydrogen-bond acceptors (Lipinski definition) is 9. The molecule has 0 aliphatic rings. The van der Waals surface area contributed by atoms with Gasteiger partial charge in [0.15, 0.2) is 5.65 Å². The lowest BCUT2D eigenvalue weighted by Crippen LogP contribution is -2.23. The summed E-state index contributed by atoms with van der Waals surface area (Å²) in [4.78, 5) is 33.8. The first-order chi connectivity index (χ1) is 11.0. The fourth-order valence-corrected chi connectivity index (χ4v) is 1.79. The highest BCUT2D eigenvalue weighted by Gasteiger charge is 2.14. The molecular weight excluding hydrogens is 306 g/mol. The van der Waals surface area contributed by atoms with Crippen LogP contribution in [-0.4, -0.2) is 44.4 Å². The van der Waals surface area contributed by atoms with Crippen LogP contribution in [0.4, 0.5) is 5.95 Å². The predicted octanol–water partition coefficient (Wildman–Crippen LogP) is 0.225. The minimum absolute atomic E-state index is 0.0573. The molecule has 2 aromatic heterocycles. The number of ether oxygens (including phenoxy) is 3. The monoisotopic (exact) mass is 323 g/mol. The van der Waals surface area contributed by atoms with E-state index in [0.29, 0.717) is 11.2 Å². The number of hydrogen-bond donors (Lipinski definition) is 1. The van der Waals surface area contributed by atoms with E-state index >= 15 is 0 Å². The zero-order chi connectivity index (χ0) is 16.8. The fraction of sp³-hybridized carbons (Fsp3) is 0.462. The Hall–Kier alpha value is -2.75. The molecule has 0 bridgehead atoms. The van der Waals surface area contributed by atoms with Crippen molar-refractivity contribution in [2.24, 2.45) is 0 Å². The molecule has 0 amide bonds. The Balaban J connectivity index is 1.98. The molecule has 0 radical (unpaired) electrons. The highest BCUT2D eigenvalue weighted by molar-refractivity contribution is 5.70. The Morgan fingerprint density at radius 1 is 1.30 bits per heavy atom. The first-order valence-electron chi connectivity index (χ1n) is 6.81. The summed E-state index contributed by atoms with van der Waals surface area (Å²) in [6.45, 7) is 2.70. The van der Waals surface area contributed by atoms with Gasteiger partial charge in [0.2, 0.25) is 12.2 Å². The lowest BCUT2D eigenvalue weighted by atomic mass is 10.4. The number of nitrogens with two attached hydrogens (primary N) is 1. The molecule has 10 nitrogen and oxygen atoms in total. The smallest absolute Gasteiger partial charge is 0.304 e. The number of carbonyl (C=O) groups is 2. The van der Waals surface area contributed by atoms with Gasteiger partial charge in [-0.25, -0.2) is 9.97 Å². The Bertz CT molecular complexity index is 701. The molecule has 1 atom stereocenters. The summed E-state index contributed by atoms with van der Waals surface area (Å²) >= 11 is 0. The lowest BCUT2D eigenvalue weighted by molar-refractivity contribution is -0.188. The summed E-state index contributed by atoms with van der Waals surface area (Å²) in [7, 11) is 0. The van der Waals surface area contributed by atoms with E-state index in [1.165, 1.54) is 26.4 Å². The number of anilines is 1. The molecule has 23 heavy (non-hydrogen) atoms. The highest BCUT2D eigenvalue weighted by atomic mass is 16.7. The fourth-order valence-electron chi connectivity index (χ4n) is 1.79. The van der Waals surface area contributed by atoms with E-state index in [9.17, 15) is 9.59 Å². The van der Waals surface area contributed by atoms with Crippen molar-refractivity contribution in [2.45, 2.75) is 33.3 Å². The van der Waals surface area contributed by atoms with Crippen LogP contribution in [0.5, 0.6) is 0 Å². The minimum atomic E-state index is -0.848. The zero-order valence-corrected chi connectivity index (χ0v) is 12.8. The third-order valence-corrected chi connectivity index (χ3v) is 2.75. The van der Waals surface area contributed by atoms with Crippen molar-refractivity contribution in [3.05, 3.63) is 12.5 Å². The van der Waals surface area contributed by atoms with Gasteiger partial charge in [-0.2, -0.15) is 4.98 Å². The van der Waals surface area contributed by atoms with Crippen LogP contribution in [0, 0.1) is 0 Å². The summed E-state index contributed by atoms with van der Waals surface area (Å²) in [5.41, 5.74) is 6.55. The van der Waals surface area contributed by atoms with E-state index in [-0.39, 0.29) is 25.7 Å². The molecule has 2 N–H and O–H groups in total. The van der Waals surface area contributed by atoms with Gasteiger partial charge in [0.1, 0.15) is 12.2 Å². The SMILES string of the molecule is CC(=O)OCCC(OCn1cnc2nc(N)ncc21)OC(C)=O. The molecule has 0 saturated carbocycles. The van der Waals surface area contributed by atoms with Crippen LogP contribution in [0.2, 0.25) is 0 Å². The Labute approximate surface area is 131 Å². The van der Waals surface area contributed by atoms with Crippen LogP contribution in [0.25, 0.3) is 11.2 Å². The van der Waals surface area contributed by atoms with Crippen molar-refractivity contribution in [3.8, 4) is 0 Å². The number of carbonyl (C=O) groups excluding carboxylic acids is 2. The van der Waals surface area contributed by atoms with Crippen molar-refractivity contribution in [1.29, 1.82) is 0 Å². The van der Waals surface area contributed by atoms with Crippen LogP contribution in [-0.2, 0) is 30.5 Å². The summed E-state index contributed by atoms with van der Waals surface area (Å²) in [5.74, 6) is -0.783. The quantitative estimate of drug-likeness (QED) is 0.561. The van der Waals surface area contributed by atoms with E-state index < -0.39 is 18.2 Å². The van der Waals surface area contributed by atoms with Gasteiger partial charge in [-0.3, -0.25) is 9.59 Å². The number of fused-ring (bicyclic) bond motifs is 1. The van der Waals surface area contributed by atoms with Gasteiger partial charge >= 0.3 is 11.9 Å². The number of rotatable bonds is 7. The average molecular weight is 323 g/mol. The van der Waals surface area contributed by atoms with Crippen LogP contribution in [0.15, 0.2) is 12.5 Å². The van der Waals surface area contributed by atoms with Crippen molar-refractivity contribution < 1.29 is 23.8 Å². The van der Waals surface area contributed by atoms with Crippen LogP contribution in [0.3, 0.4) is 0 Å². The third-order valence-electron chi connectivity index (χ3n) is 2.75. The standard InChI is InChI=1S/C13H17N5O5/c1-8(19)21-4-3-11(23-9(2)20)22-7-18-6-16-12-10(18)5-15-13(14)17-12/h5-6,11H,3-4,7H2,1-2H3,(H2,14,15,17). The van der Waals surface area contributed by atoms with Crippen molar-refractivity contribution in [3.63, 3.8) is 0 Å². The maximum absolute atomic E-state index is 11.1. The van der Waals surface area contributed by atoms with E-state index in [2.05, 4.69) is 15.0 Å². The Morgan fingerprint density at radius 2 is 2.09 bits per heavy atom. The maximum Gasteiger partial charge on any atom is 0.304 e. The van der Waals surface area contributed by atoms with Crippen LogP contribution < -0.4 is 5.73 Å². The van der Waals surface area contributed by atoms with Crippen molar-refractivity contribution in [2.75, 3.05) is 12.3 Å². The first-order valence-corrected chi connectivity index (χ1v) is 6.81. The third kappa shape index (κ3) is 4.88. The molecule has 0 aromatic carbocycles. The molecule has 2 heterocycles. The summed E-state index contributed by atoms with van der Waals surface area (Å²) in [6.07, 6.45) is 2.40. The van der Waals surface area contributed by atoms with E-state index in [1.54, 1.807) is 4.57 Å². The zero-order valence-electron chi connectivity index (χ0n) is 12.8. The molecular formula is C13H17N5O5. The second-order valence-corrected chi connectivity index (χ2v) is 4.61. The van der Waals surface area contributed by atoms with Gasteiger partial charge < -0.3 is 24.5 Å². The van der Waals surface area contributed by atoms with Gasteiger partial charge in [-0.1, -0.05) is 0 Å². The number of nitrogens with zero attached hydrogens (tertiary/aromatic N) is 4. The number of esters is 2. The lowest BCUT2D eigenvalue weighted by Gasteiger charge is -2.17. The summed E-state index contributed by atoms with van der Waals surface area (Å²) < 4.78 is 17.0. The number of aromatic nitrogens is 4. The first kappa shape index (κ1) is 16.6. The second-order valence-electron chi connectivity index (χ2n) is 4.61. The summed E-state index contributed by atoms with van der Waals surface area (Å²) in [5, 5.41) is 0. The van der Waals surface area contributed by atoms with E-state index in [1.807, 2.05) is 0 Å².